The van der Waals surface area contributed by atoms with Crippen LogP contribution in [0.3, 0.4) is 0 Å². The number of fused-ring (bicyclic) bond motifs is 1. The first-order valence-electron chi connectivity index (χ1n) is 8.80. The molecule has 3 heterocycles. The fourth-order valence-corrected chi connectivity index (χ4v) is 4.68. The van der Waals surface area contributed by atoms with Gasteiger partial charge in [-0.25, -0.2) is 4.98 Å². The van der Waals surface area contributed by atoms with Crippen molar-refractivity contribution in [2.45, 2.75) is 52.2 Å². The van der Waals surface area contributed by atoms with E-state index in [0.717, 1.165) is 0 Å². The molecule has 158 valence electrons. The third-order valence-electron chi connectivity index (χ3n) is 3.54. The Morgan fingerprint density at radius 2 is 1.83 bits per heavy atom. The number of imidazole rings is 1. The summed E-state index contributed by atoms with van der Waals surface area (Å²) in [6.07, 6.45) is -2.13. The van der Waals surface area contributed by atoms with Gasteiger partial charge in [-0.3, -0.25) is 4.57 Å². The SMILES string of the molecule is CC(C)OP(=O)(Cc1cn2ccc(-c3noc(C(F)(F)F)n3)cc2n1)OC(C)C. The molecular formula is C17H20F3N4O4P. The Labute approximate surface area is 164 Å². The maximum absolute atomic E-state index is 13.0. The van der Waals surface area contributed by atoms with Crippen molar-refractivity contribution in [3.05, 3.63) is 36.1 Å². The van der Waals surface area contributed by atoms with Crippen LogP contribution in [0.2, 0.25) is 0 Å². The Hall–Kier alpha value is -2.23. The van der Waals surface area contributed by atoms with Crippen LogP contribution in [-0.4, -0.2) is 31.7 Å². The number of hydrogen-bond donors (Lipinski definition) is 0. The molecular weight excluding hydrogens is 412 g/mol. The molecule has 0 aliphatic carbocycles. The number of alkyl halides is 3. The van der Waals surface area contributed by atoms with Gasteiger partial charge in [0.15, 0.2) is 0 Å². The summed E-state index contributed by atoms with van der Waals surface area (Å²) in [5.41, 5.74) is 1.17. The van der Waals surface area contributed by atoms with Gasteiger partial charge in [-0.05, 0) is 39.8 Å². The van der Waals surface area contributed by atoms with Crippen molar-refractivity contribution in [2.75, 3.05) is 0 Å². The van der Waals surface area contributed by atoms with Gasteiger partial charge in [0, 0.05) is 18.0 Å². The second-order valence-corrected chi connectivity index (χ2v) is 8.87. The zero-order valence-electron chi connectivity index (χ0n) is 16.2. The summed E-state index contributed by atoms with van der Waals surface area (Å²) in [6, 6.07) is 3.03. The molecule has 0 unspecified atom stereocenters. The molecule has 0 saturated carbocycles. The highest BCUT2D eigenvalue weighted by Crippen LogP contribution is 2.53. The Balaban J connectivity index is 1.89. The lowest BCUT2D eigenvalue weighted by atomic mass is 10.2. The average Bonchev–Trinajstić information content (AvgIpc) is 3.17. The molecule has 0 radical (unpaired) electrons. The van der Waals surface area contributed by atoms with Gasteiger partial charge >= 0.3 is 19.7 Å². The van der Waals surface area contributed by atoms with E-state index in [1.54, 1.807) is 44.5 Å². The monoisotopic (exact) mass is 432 g/mol. The zero-order valence-corrected chi connectivity index (χ0v) is 17.1. The molecule has 3 rings (SSSR count). The molecule has 8 nitrogen and oxygen atoms in total. The predicted octanol–water partition coefficient (Wildman–Crippen LogP) is 4.95. The maximum atomic E-state index is 13.0. The zero-order chi connectivity index (χ0) is 21.4. The topological polar surface area (TPSA) is 91.8 Å². The molecule has 0 spiro atoms. The molecule has 0 aliphatic rings. The van der Waals surface area contributed by atoms with Crippen molar-refractivity contribution in [1.29, 1.82) is 0 Å². The first-order chi connectivity index (χ1) is 13.4. The highest BCUT2D eigenvalue weighted by atomic mass is 31.2. The van der Waals surface area contributed by atoms with E-state index in [1.807, 2.05) is 0 Å². The van der Waals surface area contributed by atoms with E-state index in [0.29, 0.717) is 16.9 Å². The van der Waals surface area contributed by atoms with Crippen LogP contribution in [-0.2, 0) is 26.0 Å². The Morgan fingerprint density at radius 3 is 2.38 bits per heavy atom. The lowest BCUT2D eigenvalue weighted by molar-refractivity contribution is -0.159. The van der Waals surface area contributed by atoms with E-state index in [4.69, 9.17) is 9.05 Å². The first-order valence-corrected chi connectivity index (χ1v) is 10.5. The largest absolute Gasteiger partial charge is 0.471 e. The maximum Gasteiger partial charge on any atom is 0.471 e. The Kier molecular flexibility index (Phi) is 5.84. The normalized spacial score (nSPS) is 13.1. The molecule has 12 heteroatoms. The summed E-state index contributed by atoms with van der Waals surface area (Å²) in [6.45, 7) is 7.03. The van der Waals surface area contributed by atoms with Gasteiger partial charge in [0.2, 0.25) is 5.82 Å². The highest BCUT2D eigenvalue weighted by molar-refractivity contribution is 7.53. The van der Waals surface area contributed by atoms with Crippen molar-refractivity contribution in [2.24, 2.45) is 0 Å². The number of pyridine rings is 1. The Morgan fingerprint density at radius 1 is 1.17 bits per heavy atom. The summed E-state index contributed by atoms with van der Waals surface area (Å²) in [5.74, 6) is -1.63. The van der Waals surface area contributed by atoms with E-state index >= 15 is 0 Å². The van der Waals surface area contributed by atoms with Crippen molar-refractivity contribution in [1.82, 2.24) is 19.5 Å². The second kappa shape index (κ2) is 7.89. The van der Waals surface area contributed by atoms with Crippen LogP contribution >= 0.6 is 7.60 Å². The summed E-state index contributed by atoms with van der Waals surface area (Å²) >= 11 is 0. The number of nitrogens with zero attached hydrogens (tertiary/aromatic N) is 4. The predicted molar refractivity (Wildman–Crippen MR) is 97.2 cm³/mol. The van der Waals surface area contributed by atoms with Crippen molar-refractivity contribution in [3.8, 4) is 11.4 Å². The molecule has 0 bridgehead atoms. The third kappa shape index (κ3) is 5.23. The highest BCUT2D eigenvalue weighted by Gasteiger charge is 2.38. The summed E-state index contributed by atoms with van der Waals surface area (Å²) < 4.78 is 67.9. The van der Waals surface area contributed by atoms with Crippen LogP contribution in [0, 0.1) is 0 Å². The number of aromatic nitrogens is 4. The van der Waals surface area contributed by atoms with Crippen LogP contribution in [0.5, 0.6) is 0 Å². The van der Waals surface area contributed by atoms with Crippen LogP contribution in [0.25, 0.3) is 17.0 Å². The third-order valence-corrected chi connectivity index (χ3v) is 5.73. The molecule has 3 aromatic rings. The minimum absolute atomic E-state index is 0.0409. The van der Waals surface area contributed by atoms with E-state index in [2.05, 4.69) is 19.6 Å². The molecule has 3 aromatic heterocycles. The lowest BCUT2D eigenvalue weighted by Crippen LogP contribution is -2.09. The van der Waals surface area contributed by atoms with Gasteiger partial charge in [0.05, 0.1) is 24.1 Å². The van der Waals surface area contributed by atoms with Gasteiger partial charge < -0.3 is 18.0 Å². The van der Waals surface area contributed by atoms with E-state index in [-0.39, 0.29) is 24.2 Å². The molecule has 0 N–H and O–H groups in total. The van der Waals surface area contributed by atoms with Gasteiger partial charge in [-0.2, -0.15) is 18.2 Å². The molecule has 0 saturated heterocycles. The van der Waals surface area contributed by atoms with Crippen LogP contribution in [0.4, 0.5) is 13.2 Å². The summed E-state index contributed by atoms with van der Waals surface area (Å²) in [4.78, 5) is 7.74. The van der Waals surface area contributed by atoms with E-state index in [9.17, 15) is 17.7 Å². The number of rotatable bonds is 7. The number of halogens is 3. The van der Waals surface area contributed by atoms with Gasteiger partial charge in [0.1, 0.15) is 5.65 Å². The molecule has 0 atom stereocenters. The quantitative estimate of drug-likeness (QED) is 0.488. The molecule has 0 aliphatic heterocycles. The van der Waals surface area contributed by atoms with Gasteiger partial charge in [0.25, 0.3) is 0 Å². The summed E-state index contributed by atoms with van der Waals surface area (Å²) in [7, 11) is -3.43. The van der Waals surface area contributed by atoms with Gasteiger partial charge in [-0.1, -0.05) is 5.16 Å². The minimum Gasteiger partial charge on any atom is -0.329 e. The van der Waals surface area contributed by atoms with Crippen LogP contribution in [0.1, 0.15) is 39.3 Å². The molecule has 29 heavy (non-hydrogen) atoms. The van der Waals surface area contributed by atoms with Crippen LogP contribution < -0.4 is 0 Å². The van der Waals surface area contributed by atoms with E-state index < -0.39 is 19.7 Å². The van der Waals surface area contributed by atoms with Crippen LogP contribution in [0.15, 0.2) is 29.0 Å². The fourth-order valence-electron chi connectivity index (χ4n) is 2.65. The second-order valence-electron chi connectivity index (χ2n) is 6.91. The minimum atomic E-state index is -4.72. The first kappa shape index (κ1) is 21.5. The average molecular weight is 432 g/mol. The fraction of sp³-hybridized carbons (Fsp3) is 0.471. The van der Waals surface area contributed by atoms with E-state index in [1.165, 1.54) is 12.1 Å². The summed E-state index contributed by atoms with van der Waals surface area (Å²) in [5, 5.41) is 3.36. The number of hydrogen-bond acceptors (Lipinski definition) is 7. The molecule has 0 fully saturated rings. The van der Waals surface area contributed by atoms with Crippen molar-refractivity contribution < 1.29 is 31.3 Å². The standard InChI is InChI=1S/C17H20F3N4O4P/c1-10(2)27-29(25,28-11(3)4)9-13-8-24-6-5-12(7-14(24)21-13)15-22-16(26-23-15)17(18,19)20/h5-8,10-11H,9H2,1-4H3. The van der Waals surface area contributed by atoms with Crippen molar-refractivity contribution in [3.63, 3.8) is 0 Å². The molecule has 0 aromatic carbocycles. The lowest BCUT2D eigenvalue weighted by Gasteiger charge is -2.22. The van der Waals surface area contributed by atoms with Crippen molar-refractivity contribution >= 4 is 13.2 Å². The molecule has 0 amide bonds. The smallest absolute Gasteiger partial charge is 0.329 e. The Bertz CT molecular complexity index is 1030. The van der Waals surface area contributed by atoms with Gasteiger partial charge in [-0.15, -0.1) is 0 Å².